The average molecular weight is 474 g/mol. The molecule has 1 aliphatic rings. The van der Waals surface area contributed by atoms with Gasteiger partial charge in [-0.3, -0.25) is 4.79 Å². The van der Waals surface area contributed by atoms with Crippen LogP contribution in [0.2, 0.25) is 0 Å². The van der Waals surface area contributed by atoms with Gasteiger partial charge in [0.15, 0.2) is 0 Å². The van der Waals surface area contributed by atoms with E-state index >= 15 is 0 Å². The number of rotatable bonds is 12. The second-order valence-corrected chi connectivity index (χ2v) is 10.5. The Labute approximate surface area is 212 Å². The molecular weight excluding hydrogens is 430 g/mol. The second kappa shape index (κ2) is 14.1. The Morgan fingerprint density at radius 3 is 2.31 bits per heavy atom. The van der Waals surface area contributed by atoms with Gasteiger partial charge in [0.1, 0.15) is 11.8 Å². The Balaban J connectivity index is 1.49. The average Bonchev–Trinajstić information content (AvgIpc) is 2.89. The maximum Gasteiger partial charge on any atom is 0.314 e. The Bertz CT molecular complexity index is 964. The van der Waals surface area contributed by atoms with Crippen LogP contribution in [0.1, 0.15) is 113 Å². The van der Waals surface area contributed by atoms with E-state index in [4.69, 9.17) is 4.74 Å². The highest BCUT2D eigenvalue weighted by molar-refractivity contribution is 5.76. The van der Waals surface area contributed by atoms with Crippen molar-refractivity contribution in [1.82, 2.24) is 0 Å². The summed E-state index contributed by atoms with van der Waals surface area (Å²) in [5, 5.41) is 9.61. The molecule has 0 N–H and O–H groups in total. The number of hydrogen-bond donors (Lipinski definition) is 0. The lowest BCUT2D eigenvalue weighted by Gasteiger charge is -2.27. The third-order valence-corrected chi connectivity index (χ3v) is 7.74. The molecule has 35 heavy (non-hydrogen) atoms. The summed E-state index contributed by atoms with van der Waals surface area (Å²) in [6.07, 6.45) is 13.2. The Morgan fingerprint density at radius 1 is 0.971 bits per heavy atom. The zero-order chi connectivity index (χ0) is 25.0. The third-order valence-electron chi connectivity index (χ3n) is 7.74. The van der Waals surface area contributed by atoms with Crippen LogP contribution in [0.3, 0.4) is 0 Å². The lowest BCUT2D eigenvalue weighted by atomic mass is 9.78. The summed E-state index contributed by atoms with van der Waals surface area (Å²) in [5.74, 6) is 1.38. The van der Waals surface area contributed by atoms with Crippen molar-refractivity contribution in [2.24, 2.45) is 11.8 Å². The molecule has 0 aromatic heterocycles. The minimum atomic E-state index is -0.184. The van der Waals surface area contributed by atoms with E-state index in [1.807, 2.05) is 18.2 Å². The van der Waals surface area contributed by atoms with Gasteiger partial charge >= 0.3 is 5.97 Å². The van der Waals surface area contributed by atoms with Crippen molar-refractivity contribution in [1.29, 1.82) is 5.26 Å². The van der Waals surface area contributed by atoms with Gasteiger partial charge in [0, 0.05) is 0 Å². The Morgan fingerprint density at radius 2 is 1.66 bits per heavy atom. The summed E-state index contributed by atoms with van der Waals surface area (Å²) >= 11 is 0. The smallest absolute Gasteiger partial charge is 0.314 e. The normalized spacial score (nSPS) is 18.6. The Kier molecular flexibility index (Phi) is 10.9. The highest BCUT2D eigenvalue weighted by atomic mass is 16.5. The van der Waals surface area contributed by atoms with Crippen molar-refractivity contribution >= 4 is 5.97 Å². The molecular formula is C32H43NO2. The first kappa shape index (κ1) is 27.0. The summed E-state index contributed by atoms with van der Waals surface area (Å²) in [4.78, 5) is 12.9. The first-order chi connectivity index (χ1) is 17.0. The number of nitrogens with zero attached hydrogens (tertiary/aromatic N) is 1. The number of benzene rings is 2. The SMILES string of the molecule is CCCCCCCc1ccc(OC(=O)C2CCC(c3ccc(CC(C)CC)cc3)CC2)c(C#N)c1. The van der Waals surface area contributed by atoms with E-state index in [1.54, 1.807) is 0 Å². The van der Waals surface area contributed by atoms with Crippen molar-refractivity contribution in [3.63, 3.8) is 0 Å². The van der Waals surface area contributed by atoms with Crippen LogP contribution in [0.4, 0.5) is 0 Å². The fourth-order valence-corrected chi connectivity index (χ4v) is 5.17. The van der Waals surface area contributed by atoms with Gasteiger partial charge in [-0.25, -0.2) is 0 Å². The van der Waals surface area contributed by atoms with Crippen LogP contribution in [0.15, 0.2) is 42.5 Å². The molecule has 1 fully saturated rings. The first-order valence-electron chi connectivity index (χ1n) is 13.9. The number of hydrogen-bond acceptors (Lipinski definition) is 3. The van der Waals surface area contributed by atoms with Crippen LogP contribution >= 0.6 is 0 Å². The number of unbranched alkanes of at least 4 members (excludes halogenated alkanes) is 4. The van der Waals surface area contributed by atoms with Crippen molar-refractivity contribution in [2.45, 2.75) is 104 Å². The van der Waals surface area contributed by atoms with E-state index in [0.717, 1.165) is 56.4 Å². The number of nitriles is 1. The van der Waals surface area contributed by atoms with Crippen LogP contribution in [0, 0.1) is 23.2 Å². The third kappa shape index (κ3) is 8.24. The second-order valence-electron chi connectivity index (χ2n) is 10.5. The van der Waals surface area contributed by atoms with Crippen molar-refractivity contribution in [2.75, 3.05) is 0 Å². The quantitative estimate of drug-likeness (QED) is 0.176. The fraction of sp³-hybridized carbons (Fsp3) is 0.562. The van der Waals surface area contributed by atoms with Crippen molar-refractivity contribution in [3.05, 3.63) is 64.7 Å². The van der Waals surface area contributed by atoms with Crippen molar-refractivity contribution in [3.8, 4) is 11.8 Å². The lowest BCUT2D eigenvalue weighted by molar-refractivity contribution is -0.140. The van der Waals surface area contributed by atoms with Gasteiger partial charge in [0.2, 0.25) is 0 Å². The number of carbonyl (C=O) groups excluding carboxylic acids is 1. The predicted molar refractivity (Wildman–Crippen MR) is 144 cm³/mol. The largest absolute Gasteiger partial charge is 0.425 e. The molecule has 188 valence electrons. The van der Waals surface area contributed by atoms with Gasteiger partial charge in [0.25, 0.3) is 0 Å². The predicted octanol–water partition coefficient (Wildman–Crippen LogP) is 8.54. The molecule has 3 nitrogen and oxygen atoms in total. The molecule has 2 aromatic rings. The highest BCUT2D eigenvalue weighted by Crippen LogP contribution is 2.37. The summed E-state index contributed by atoms with van der Waals surface area (Å²) in [7, 11) is 0. The zero-order valence-corrected chi connectivity index (χ0v) is 22.0. The van der Waals surface area contributed by atoms with Crippen molar-refractivity contribution < 1.29 is 9.53 Å². The molecule has 0 saturated heterocycles. The van der Waals surface area contributed by atoms with Crippen LogP contribution in [0.25, 0.3) is 0 Å². The summed E-state index contributed by atoms with van der Waals surface area (Å²) in [6, 6.07) is 17.1. The van der Waals surface area contributed by atoms with Gasteiger partial charge in [-0.15, -0.1) is 0 Å². The fourth-order valence-electron chi connectivity index (χ4n) is 5.17. The topological polar surface area (TPSA) is 50.1 Å². The molecule has 3 heteroatoms. The molecule has 0 radical (unpaired) electrons. The van der Waals surface area contributed by atoms with Crippen LogP contribution in [0.5, 0.6) is 5.75 Å². The Hall–Kier alpha value is -2.60. The molecule has 0 spiro atoms. The van der Waals surface area contributed by atoms with E-state index in [2.05, 4.69) is 51.1 Å². The number of carbonyl (C=O) groups is 1. The minimum Gasteiger partial charge on any atom is -0.425 e. The summed E-state index contributed by atoms with van der Waals surface area (Å²) in [6.45, 7) is 6.77. The molecule has 1 unspecified atom stereocenters. The number of esters is 1. The molecule has 1 aliphatic carbocycles. The van der Waals surface area contributed by atoms with Gasteiger partial charge in [-0.1, -0.05) is 83.2 Å². The van der Waals surface area contributed by atoms with Gasteiger partial charge < -0.3 is 4.74 Å². The zero-order valence-electron chi connectivity index (χ0n) is 22.0. The van der Waals surface area contributed by atoms with Crippen LogP contribution in [-0.2, 0) is 17.6 Å². The highest BCUT2D eigenvalue weighted by Gasteiger charge is 2.29. The van der Waals surface area contributed by atoms with E-state index < -0.39 is 0 Å². The van der Waals surface area contributed by atoms with Gasteiger partial charge in [-0.2, -0.15) is 5.26 Å². The number of aryl methyl sites for hydroxylation is 1. The number of ether oxygens (including phenoxy) is 1. The molecule has 0 bridgehead atoms. The van der Waals surface area contributed by atoms with Gasteiger partial charge in [0.05, 0.1) is 11.5 Å². The van der Waals surface area contributed by atoms with E-state index in [-0.39, 0.29) is 11.9 Å². The molecule has 0 amide bonds. The monoisotopic (exact) mass is 473 g/mol. The standard InChI is InChI=1S/C32H43NO2/c1-4-6-7-8-9-10-25-13-20-31(30(22-25)23-33)35-32(34)29-18-16-28(17-19-29)27-14-11-26(12-15-27)21-24(3)5-2/h11-15,20,22,24,28-29H,4-10,16-19,21H2,1-3H3. The van der Waals surface area contributed by atoms with Gasteiger partial charge in [-0.05, 0) is 85.6 Å². The molecule has 2 aromatic carbocycles. The minimum absolute atomic E-state index is 0.0827. The van der Waals surface area contributed by atoms with E-state index in [0.29, 0.717) is 17.2 Å². The van der Waals surface area contributed by atoms with E-state index in [9.17, 15) is 10.1 Å². The van der Waals surface area contributed by atoms with Crippen LogP contribution < -0.4 is 4.74 Å². The summed E-state index contributed by atoms with van der Waals surface area (Å²) < 4.78 is 5.73. The molecule has 1 atom stereocenters. The molecule has 0 heterocycles. The molecule has 1 saturated carbocycles. The molecule has 3 rings (SSSR count). The summed E-state index contributed by atoms with van der Waals surface area (Å²) in [5.41, 5.74) is 4.42. The molecule has 0 aliphatic heterocycles. The van der Waals surface area contributed by atoms with Crippen LogP contribution in [-0.4, -0.2) is 5.97 Å². The maximum absolute atomic E-state index is 12.9. The maximum atomic E-state index is 12.9. The van der Waals surface area contributed by atoms with E-state index in [1.165, 1.54) is 43.2 Å². The lowest BCUT2D eigenvalue weighted by Crippen LogP contribution is -2.25. The first-order valence-corrected chi connectivity index (χ1v) is 13.9.